The van der Waals surface area contributed by atoms with E-state index < -0.39 is 5.97 Å². The number of nitrogens with two attached hydrogens (primary N) is 1. The molecule has 2 rings (SSSR count). The Balaban J connectivity index is 2.10. The summed E-state index contributed by atoms with van der Waals surface area (Å²) in [5.74, 6) is -0.939. The molecule has 1 fully saturated rings. The van der Waals surface area contributed by atoms with Gasteiger partial charge in [-0.2, -0.15) is 0 Å². The van der Waals surface area contributed by atoms with E-state index in [0.717, 1.165) is 12.8 Å². The highest BCUT2D eigenvalue weighted by molar-refractivity contribution is 5.95. The standard InChI is InChI=1S/C15H22N2O2/c1-15(2)7-5-11(6-8-15)17-13-4-3-10(16)9-12(13)14(18)19/h3-4,9,11,17H,5-8,16H2,1-2H3,(H,18,19). The van der Waals surface area contributed by atoms with Gasteiger partial charge in [-0.15, -0.1) is 0 Å². The Morgan fingerprint density at radius 1 is 1.37 bits per heavy atom. The number of carbonyl (C=O) groups is 1. The first-order valence-corrected chi connectivity index (χ1v) is 6.77. The lowest BCUT2D eigenvalue weighted by molar-refractivity contribution is 0.0698. The first-order chi connectivity index (χ1) is 8.87. The Bertz CT molecular complexity index is 473. The normalized spacial score (nSPS) is 19.1. The summed E-state index contributed by atoms with van der Waals surface area (Å²) in [4.78, 5) is 11.2. The van der Waals surface area contributed by atoms with Gasteiger partial charge in [0.2, 0.25) is 0 Å². The Morgan fingerprint density at radius 2 is 2.00 bits per heavy atom. The molecule has 4 N–H and O–H groups in total. The van der Waals surface area contributed by atoms with Crippen LogP contribution in [0.4, 0.5) is 11.4 Å². The van der Waals surface area contributed by atoms with Gasteiger partial charge in [0.1, 0.15) is 0 Å². The summed E-state index contributed by atoms with van der Waals surface area (Å²) in [6.07, 6.45) is 4.50. The average molecular weight is 262 g/mol. The Kier molecular flexibility index (Phi) is 3.69. The molecule has 0 bridgehead atoms. The molecular formula is C15H22N2O2. The molecule has 0 spiro atoms. The van der Waals surface area contributed by atoms with Crippen LogP contribution in [0, 0.1) is 5.41 Å². The van der Waals surface area contributed by atoms with Crippen molar-refractivity contribution in [3.63, 3.8) is 0 Å². The highest BCUT2D eigenvalue weighted by Crippen LogP contribution is 2.36. The number of rotatable bonds is 3. The lowest BCUT2D eigenvalue weighted by atomic mass is 9.75. The molecule has 1 saturated carbocycles. The molecule has 0 aromatic heterocycles. The van der Waals surface area contributed by atoms with Crippen molar-refractivity contribution in [2.45, 2.75) is 45.6 Å². The zero-order chi connectivity index (χ0) is 14.0. The van der Waals surface area contributed by atoms with Crippen molar-refractivity contribution < 1.29 is 9.90 Å². The second-order valence-corrected chi connectivity index (χ2v) is 6.19. The van der Waals surface area contributed by atoms with Crippen LogP contribution in [0.3, 0.4) is 0 Å². The number of hydrogen-bond acceptors (Lipinski definition) is 3. The molecule has 0 aliphatic heterocycles. The van der Waals surface area contributed by atoms with E-state index in [0.29, 0.717) is 22.8 Å². The van der Waals surface area contributed by atoms with E-state index in [1.54, 1.807) is 12.1 Å². The van der Waals surface area contributed by atoms with Crippen LogP contribution >= 0.6 is 0 Å². The number of anilines is 2. The molecule has 1 aromatic carbocycles. The van der Waals surface area contributed by atoms with Gasteiger partial charge >= 0.3 is 5.97 Å². The molecule has 4 nitrogen and oxygen atoms in total. The topological polar surface area (TPSA) is 75.3 Å². The molecule has 0 atom stereocenters. The van der Waals surface area contributed by atoms with E-state index in [1.807, 2.05) is 0 Å². The van der Waals surface area contributed by atoms with Crippen LogP contribution in [-0.4, -0.2) is 17.1 Å². The fourth-order valence-electron chi connectivity index (χ4n) is 2.63. The zero-order valence-corrected chi connectivity index (χ0v) is 11.6. The second kappa shape index (κ2) is 5.11. The van der Waals surface area contributed by atoms with Gasteiger partial charge in [-0.3, -0.25) is 0 Å². The number of hydrogen-bond donors (Lipinski definition) is 3. The lowest BCUT2D eigenvalue weighted by Gasteiger charge is -2.35. The molecule has 0 radical (unpaired) electrons. The second-order valence-electron chi connectivity index (χ2n) is 6.19. The predicted molar refractivity (Wildman–Crippen MR) is 77.5 cm³/mol. The molecule has 1 aliphatic carbocycles. The molecule has 104 valence electrons. The SMILES string of the molecule is CC1(C)CCC(Nc2ccc(N)cc2C(=O)O)CC1. The maximum atomic E-state index is 11.2. The monoisotopic (exact) mass is 262 g/mol. The fourth-order valence-corrected chi connectivity index (χ4v) is 2.63. The minimum atomic E-state index is -0.939. The van der Waals surface area contributed by atoms with Gasteiger partial charge < -0.3 is 16.2 Å². The van der Waals surface area contributed by atoms with E-state index in [4.69, 9.17) is 5.73 Å². The minimum absolute atomic E-state index is 0.254. The van der Waals surface area contributed by atoms with Gasteiger partial charge in [0, 0.05) is 17.4 Å². The molecule has 0 amide bonds. The van der Waals surface area contributed by atoms with Crippen LogP contribution < -0.4 is 11.1 Å². The third-order valence-corrected chi connectivity index (χ3v) is 3.97. The van der Waals surface area contributed by atoms with Crippen molar-refractivity contribution in [2.75, 3.05) is 11.1 Å². The van der Waals surface area contributed by atoms with Crippen molar-refractivity contribution >= 4 is 17.3 Å². The van der Waals surface area contributed by atoms with E-state index in [1.165, 1.54) is 18.9 Å². The quantitative estimate of drug-likeness (QED) is 0.730. The van der Waals surface area contributed by atoms with Crippen LogP contribution in [0.2, 0.25) is 0 Å². The van der Waals surface area contributed by atoms with Crippen molar-refractivity contribution in [1.82, 2.24) is 0 Å². The van der Waals surface area contributed by atoms with Gasteiger partial charge in [0.15, 0.2) is 0 Å². The third kappa shape index (κ3) is 3.40. The molecule has 0 heterocycles. The zero-order valence-electron chi connectivity index (χ0n) is 11.6. The summed E-state index contributed by atoms with van der Waals surface area (Å²) in [5.41, 5.74) is 7.46. The van der Waals surface area contributed by atoms with Crippen molar-refractivity contribution in [2.24, 2.45) is 5.41 Å². The van der Waals surface area contributed by atoms with Crippen LogP contribution in [0.25, 0.3) is 0 Å². The molecular weight excluding hydrogens is 240 g/mol. The Labute approximate surface area is 114 Å². The van der Waals surface area contributed by atoms with Gasteiger partial charge in [0.25, 0.3) is 0 Å². The van der Waals surface area contributed by atoms with Gasteiger partial charge in [-0.05, 0) is 49.3 Å². The van der Waals surface area contributed by atoms with Crippen LogP contribution in [-0.2, 0) is 0 Å². The number of carboxylic acids is 1. The van der Waals surface area contributed by atoms with Crippen LogP contribution in [0.5, 0.6) is 0 Å². The highest BCUT2D eigenvalue weighted by atomic mass is 16.4. The van der Waals surface area contributed by atoms with Crippen LogP contribution in [0.1, 0.15) is 49.9 Å². The number of nitrogen functional groups attached to an aromatic ring is 1. The summed E-state index contributed by atoms with van der Waals surface area (Å²) in [5, 5.41) is 12.6. The molecule has 19 heavy (non-hydrogen) atoms. The van der Waals surface area contributed by atoms with Crippen molar-refractivity contribution in [3.05, 3.63) is 23.8 Å². The molecule has 1 aromatic rings. The Morgan fingerprint density at radius 3 is 2.58 bits per heavy atom. The van der Waals surface area contributed by atoms with Crippen LogP contribution in [0.15, 0.2) is 18.2 Å². The van der Waals surface area contributed by atoms with Crippen molar-refractivity contribution in [1.29, 1.82) is 0 Å². The Hall–Kier alpha value is -1.71. The van der Waals surface area contributed by atoms with E-state index in [2.05, 4.69) is 19.2 Å². The summed E-state index contributed by atoms with van der Waals surface area (Å²) < 4.78 is 0. The largest absolute Gasteiger partial charge is 0.478 e. The molecule has 1 aliphatic rings. The van der Waals surface area contributed by atoms with E-state index in [-0.39, 0.29) is 5.56 Å². The molecule has 0 saturated heterocycles. The molecule has 0 unspecified atom stereocenters. The number of nitrogens with one attached hydrogen (secondary N) is 1. The van der Waals surface area contributed by atoms with E-state index >= 15 is 0 Å². The maximum Gasteiger partial charge on any atom is 0.337 e. The fraction of sp³-hybridized carbons (Fsp3) is 0.533. The van der Waals surface area contributed by atoms with Gasteiger partial charge in [0.05, 0.1) is 5.56 Å². The smallest absolute Gasteiger partial charge is 0.337 e. The first-order valence-electron chi connectivity index (χ1n) is 6.77. The number of carboxylic acid groups (broad SMARTS) is 1. The van der Waals surface area contributed by atoms with E-state index in [9.17, 15) is 9.90 Å². The summed E-state index contributed by atoms with van der Waals surface area (Å²) in [6, 6.07) is 5.37. The first kappa shape index (κ1) is 13.7. The number of benzene rings is 1. The van der Waals surface area contributed by atoms with Crippen molar-refractivity contribution in [3.8, 4) is 0 Å². The predicted octanol–water partition coefficient (Wildman–Crippen LogP) is 3.35. The highest BCUT2D eigenvalue weighted by Gasteiger charge is 2.27. The maximum absolute atomic E-state index is 11.2. The third-order valence-electron chi connectivity index (χ3n) is 3.97. The summed E-state index contributed by atoms with van der Waals surface area (Å²) >= 11 is 0. The lowest BCUT2D eigenvalue weighted by Crippen LogP contribution is -2.30. The molecule has 4 heteroatoms. The average Bonchev–Trinajstić information content (AvgIpc) is 2.33. The minimum Gasteiger partial charge on any atom is -0.478 e. The number of aromatic carboxylic acids is 1. The summed E-state index contributed by atoms with van der Waals surface area (Å²) in [7, 11) is 0. The van der Waals surface area contributed by atoms with Gasteiger partial charge in [-0.25, -0.2) is 4.79 Å². The summed E-state index contributed by atoms with van der Waals surface area (Å²) in [6.45, 7) is 4.57. The van der Waals surface area contributed by atoms with Gasteiger partial charge in [-0.1, -0.05) is 13.8 Å².